The third-order valence-electron chi connectivity index (χ3n) is 4.17. The summed E-state index contributed by atoms with van der Waals surface area (Å²) in [5.41, 5.74) is 0. The summed E-state index contributed by atoms with van der Waals surface area (Å²) >= 11 is 0. The number of carbonyl (C=O) groups is 1. The zero-order valence-electron chi connectivity index (χ0n) is 11.7. The molecule has 0 radical (unpaired) electrons. The number of amides is 1. The van der Waals surface area contributed by atoms with Crippen LogP contribution >= 0.6 is 0 Å². The normalized spacial score (nSPS) is 26.9. The van der Waals surface area contributed by atoms with Crippen molar-refractivity contribution in [2.45, 2.75) is 63.6 Å². The van der Waals surface area contributed by atoms with Gasteiger partial charge in [-0.3, -0.25) is 4.79 Å². The van der Waals surface area contributed by atoms with E-state index < -0.39 is 0 Å². The number of carbonyl (C=O) groups excluding carboxylic acids is 1. The average molecular weight is 253 g/mol. The van der Waals surface area contributed by atoms with Crippen molar-refractivity contribution >= 4 is 5.91 Å². The summed E-state index contributed by atoms with van der Waals surface area (Å²) in [6, 6.07) is 1.11. The summed E-state index contributed by atoms with van der Waals surface area (Å²) in [5, 5.41) is 6.38. The molecule has 0 aromatic rings. The van der Waals surface area contributed by atoms with Gasteiger partial charge in [0.05, 0.1) is 6.04 Å². The second-order valence-electron chi connectivity index (χ2n) is 5.88. The molecule has 1 saturated heterocycles. The van der Waals surface area contributed by atoms with Crippen LogP contribution in [0.3, 0.4) is 0 Å². The first-order valence-electron chi connectivity index (χ1n) is 7.41. The molecule has 1 aliphatic carbocycles. The average Bonchev–Trinajstić information content (AvgIpc) is 3.15. The molecule has 1 amide bonds. The summed E-state index contributed by atoms with van der Waals surface area (Å²) in [6.45, 7) is 4.12. The van der Waals surface area contributed by atoms with Crippen LogP contribution in [0.15, 0.2) is 0 Å². The lowest BCUT2D eigenvalue weighted by atomic mass is 10.00. The van der Waals surface area contributed by atoms with Crippen molar-refractivity contribution in [1.82, 2.24) is 15.5 Å². The van der Waals surface area contributed by atoms with Crippen LogP contribution in [0.1, 0.15) is 45.4 Å². The summed E-state index contributed by atoms with van der Waals surface area (Å²) in [5.74, 6) is 0.162. The molecule has 0 spiro atoms. The molecular formula is C14H27N3O. The van der Waals surface area contributed by atoms with Gasteiger partial charge in [0, 0.05) is 12.1 Å². The first kappa shape index (κ1) is 13.8. The lowest BCUT2D eigenvalue weighted by molar-refractivity contribution is -0.122. The van der Waals surface area contributed by atoms with E-state index in [0.717, 1.165) is 25.8 Å². The smallest absolute Gasteiger partial charge is 0.237 e. The fourth-order valence-corrected chi connectivity index (χ4v) is 2.62. The molecule has 1 heterocycles. The Morgan fingerprint density at radius 1 is 1.33 bits per heavy atom. The van der Waals surface area contributed by atoms with E-state index >= 15 is 0 Å². The van der Waals surface area contributed by atoms with Crippen molar-refractivity contribution in [2.75, 3.05) is 20.1 Å². The van der Waals surface area contributed by atoms with Crippen LogP contribution in [0.5, 0.6) is 0 Å². The molecule has 0 bridgehead atoms. The molecule has 4 nitrogen and oxygen atoms in total. The number of likely N-dealkylation sites (tertiary alicyclic amines) is 1. The monoisotopic (exact) mass is 253 g/mol. The van der Waals surface area contributed by atoms with Gasteiger partial charge in [0.25, 0.3) is 0 Å². The van der Waals surface area contributed by atoms with E-state index in [-0.39, 0.29) is 11.9 Å². The van der Waals surface area contributed by atoms with Crippen molar-refractivity contribution in [2.24, 2.45) is 0 Å². The third-order valence-corrected chi connectivity index (χ3v) is 4.17. The van der Waals surface area contributed by atoms with Gasteiger partial charge >= 0.3 is 0 Å². The SMILES string of the molecule is CC(NCCC1CCCCN1C)C(=O)NC1CC1. The molecule has 1 saturated carbocycles. The lowest BCUT2D eigenvalue weighted by Crippen LogP contribution is -2.45. The van der Waals surface area contributed by atoms with Gasteiger partial charge < -0.3 is 15.5 Å². The number of rotatable bonds is 6. The molecular weight excluding hydrogens is 226 g/mol. The van der Waals surface area contributed by atoms with Gasteiger partial charge in [0.2, 0.25) is 5.91 Å². The number of hydrogen-bond donors (Lipinski definition) is 2. The molecule has 0 aromatic heterocycles. The molecule has 2 fully saturated rings. The van der Waals surface area contributed by atoms with Crippen LogP contribution < -0.4 is 10.6 Å². The largest absolute Gasteiger partial charge is 0.352 e. The fraction of sp³-hybridized carbons (Fsp3) is 0.929. The number of piperidine rings is 1. The molecule has 0 aromatic carbocycles. The first-order chi connectivity index (χ1) is 8.66. The number of hydrogen-bond acceptors (Lipinski definition) is 3. The van der Waals surface area contributed by atoms with Gasteiger partial charge in [0.15, 0.2) is 0 Å². The van der Waals surface area contributed by atoms with Crippen LogP contribution in [-0.4, -0.2) is 49.1 Å². The molecule has 4 heteroatoms. The first-order valence-corrected chi connectivity index (χ1v) is 7.41. The van der Waals surface area contributed by atoms with Crippen molar-refractivity contribution in [3.05, 3.63) is 0 Å². The maximum atomic E-state index is 11.8. The van der Waals surface area contributed by atoms with Gasteiger partial charge in [-0.15, -0.1) is 0 Å². The Balaban J connectivity index is 1.59. The zero-order chi connectivity index (χ0) is 13.0. The Hall–Kier alpha value is -0.610. The molecule has 104 valence electrons. The standard InChI is InChI=1S/C14H27N3O/c1-11(14(18)16-12-6-7-12)15-9-8-13-5-3-4-10-17(13)2/h11-13,15H,3-10H2,1-2H3,(H,16,18). The highest BCUT2D eigenvalue weighted by molar-refractivity contribution is 5.81. The van der Waals surface area contributed by atoms with Crippen molar-refractivity contribution in [3.63, 3.8) is 0 Å². The quantitative estimate of drug-likeness (QED) is 0.745. The highest BCUT2D eigenvalue weighted by Crippen LogP contribution is 2.19. The molecule has 2 rings (SSSR count). The number of nitrogens with one attached hydrogen (secondary N) is 2. The van der Waals surface area contributed by atoms with E-state index in [0.29, 0.717) is 12.1 Å². The predicted molar refractivity (Wildman–Crippen MR) is 73.5 cm³/mol. The number of nitrogens with zero attached hydrogens (tertiary/aromatic N) is 1. The van der Waals surface area contributed by atoms with E-state index in [4.69, 9.17) is 0 Å². The minimum Gasteiger partial charge on any atom is -0.352 e. The zero-order valence-corrected chi connectivity index (χ0v) is 11.7. The Morgan fingerprint density at radius 2 is 2.11 bits per heavy atom. The molecule has 2 atom stereocenters. The van der Waals surface area contributed by atoms with E-state index in [2.05, 4.69) is 22.6 Å². The fourth-order valence-electron chi connectivity index (χ4n) is 2.62. The van der Waals surface area contributed by atoms with Gasteiger partial charge in [-0.2, -0.15) is 0 Å². The Bertz CT molecular complexity index is 278. The van der Waals surface area contributed by atoms with Crippen LogP contribution in [0.4, 0.5) is 0 Å². The van der Waals surface area contributed by atoms with E-state index in [1.54, 1.807) is 0 Å². The molecule has 18 heavy (non-hydrogen) atoms. The summed E-state index contributed by atoms with van der Waals surface area (Å²) in [6.07, 6.45) is 7.46. The maximum Gasteiger partial charge on any atom is 0.237 e. The highest BCUT2D eigenvalue weighted by atomic mass is 16.2. The van der Waals surface area contributed by atoms with Crippen molar-refractivity contribution in [1.29, 1.82) is 0 Å². The Kier molecular flexibility index (Phi) is 5.01. The van der Waals surface area contributed by atoms with E-state index in [9.17, 15) is 4.79 Å². The Labute approximate surface area is 110 Å². The highest BCUT2D eigenvalue weighted by Gasteiger charge is 2.25. The summed E-state index contributed by atoms with van der Waals surface area (Å²) in [4.78, 5) is 14.2. The van der Waals surface area contributed by atoms with Gasteiger partial charge in [0.1, 0.15) is 0 Å². The van der Waals surface area contributed by atoms with E-state index in [1.807, 2.05) is 6.92 Å². The lowest BCUT2D eigenvalue weighted by Gasteiger charge is -2.32. The second kappa shape index (κ2) is 6.53. The minimum absolute atomic E-state index is 0.0560. The molecule has 2 N–H and O–H groups in total. The van der Waals surface area contributed by atoms with Crippen molar-refractivity contribution in [3.8, 4) is 0 Å². The predicted octanol–water partition coefficient (Wildman–Crippen LogP) is 1.12. The van der Waals surface area contributed by atoms with E-state index in [1.165, 1.54) is 25.8 Å². The van der Waals surface area contributed by atoms with Crippen LogP contribution in [0, 0.1) is 0 Å². The molecule has 1 aliphatic heterocycles. The van der Waals surface area contributed by atoms with Gasteiger partial charge in [-0.05, 0) is 59.2 Å². The topological polar surface area (TPSA) is 44.4 Å². The summed E-state index contributed by atoms with van der Waals surface area (Å²) < 4.78 is 0. The van der Waals surface area contributed by atoms with Gasteiger partial charge in [-0.1, -0.05) is 6.42 Å². The van der Waals surface area contributed by atoms with Crippen LogP contribution in [0.2, 0.25) is 0 Å². The van der Waals surface area contributed by atoms with Crippen LogP contribution in [0.25, 0.3) is 0 Å². The van der Waals surface area contributed by atoms with Crippen molar-refractivity contribution < 1.29 is 4.79 Å². The Morgan fingerprint density at radius 3 is 2.78 bits per heavy atom. The minimum atomic E-state index is -0.0560. The molecule has 2 unspecified atom stereocenters. The van der Waals surface area contributed by atoms with Crippen LogP contribution in [-0.2, 0) is 4.79 Å². The maximum absolute atomic E-state index is 11.8. The molecule has 2 aliphatic rings. The van der Waals surface area contributed by atoms with Gasteiger partial charge in [-0.25, -0.2) is 0 Å². The summed E-state index contributed by atoms with van der Waals surface area (Å²) in [7, 11) is 2.22. The second-order valence-corrected chi connectivity index (χ2v) is 5.88. The third kappa shape index (κ3) is 4.25.